The number of hydrogen-bond donors (Lipinski definition) is 0. The Bertz CT molecular complexity index is 4020. The van der Waals surface area contributed by atoms with Gasteiger partial charge in [-0.2, -0.15) is 0 Å². The van der Waals surface area contributed by atoms with Gasteiger partial charge in [-0.1, -0.05) is 132 Å². The normalized spacial score (nSPS) is 13.8. The molecule has 0 unspecified atom stereocenters. The molecule has 0 fully saturated rings. The van der Waals surface area contributed by atoms with Crippen LogP contribution in [0.2, 0.25) is 0 Å². The second kappa shape index (κ2) is 47.4. The van der Waals surface area contributed by atoms with Crippen molar-refractivity contribution in [1.82, 2.24) is 0 Å². The number of rotatable bonds is 40. The molecule has 12 rings (SSSR count). The Morgan fingerprint density at radius 2 is 0.302 bits per heavy atom. The molecule has 688 valence electrons. The molecule has 2 aliphatic carbocycles. The summed E-state index contributed by atoms with van der Waals surface area (Å²) in [7, 11) is 0. The molecule has 8 aromatic rings. The van der Waals surface area contributed by atoms with Crippen LogP contribution in [0.5, 0.6) is 46.0 Å². The van der Waals surface area contributed by atoms with E-state index >= 15 is 0 Å². The summed E-state index contributed by atoms with van der Waals surface area (Å²) in [6.07, 6.45) is 3.44. The molecule has 0 atom stereocenters. The zero-order valence-electron chi connectivity index (χ0n) is 80.0. The van der Waals surface area contributed by atoms with Crippen LogP contribution in [0.25, 0.3) is 0 Å². The summed E-state index contributed by atoms with van der Waals surface area (Å²) in [6.45, 7) is 54.7. The minimum atomic E-state index is -0.301. The maximum absolute atomic E-state index is 7.44. The summed E-state index contributed by atoms with van der Waals surface area (Å²) >= 11 is 0. The van der Waals surface area contributed by atoms with Gasteiger partial charge in [0.2, 0.25) is 0 Å². The summed E-state index contributed by atoms with van der Waals surface area (Å²) in [6, 6.07) is 37.2. The molecular formula is C108H148O18. The predicted octanol–water partition coefficient (Wildman–Crippen LogP) is 21.3. The van der Waals surface area contributed by atoms with E-state index in [2.05, 4.69) is 180 Å². The van der Waals surface area contributed by atoms with Crippen molar-refractivity contribution >= 4 is 0 Å². The molecule has 2 aliphatic heterocycles. The van der Waals surface area contributed by atoms with Gasteiger partial charge in [0, 0.05) is 104 Å². The highest BCUT2D eigenvalue weighted by Crippen LogP contribution is 2.47. The quantitative estimate of drug-likeness (QED) is 0.0333. The lowest BCUT2D eigenvalue weighted by Crippen LogP contribution is -2.18. The van der Waals surface area contributed by atoms with Gasteiger partial charge in [-0.25, -0.2) is 0 Å². The van der Waals surface area contributed by atoms with Crippen LogP contribution in [-0.4, -0.2) is 159 Å². The second-order valence-corrected chi connectivity index (χ2v) is 37.2. The molecule has 20 bridgehead atoms. The summed E-state index contributed by atoms with van der Waals surface area (Å²) in [5, 5.41) is 0. The molecule has 4 aliphatic rings. The third-order valence-corrected chi connectivity index (χ3v) is 23.2. The Morgan fingerprint density at radius 1 is 0.183 bits per heavy atom. The van der Waals surface area contributed by atoms with Gasteiger partial charge in [-0.15, -0.1) is 0 Å². The van der Waals surface area contributed by atoms with Crippen molar-refractivity contribution in [3.05, 3.63) is 231 Å². The molecule has 0 spiro atoms. The Morgan fingerprint density at radius 3 is 0.413 bits per heavy atom. The smallest absolute Gasteiger partial charge is 0.126 e. The zero-order valence-corrected chi connectivity index (χ0v) is 80.0. The minimum absolute atomic E-state index is 0.238. The zero-order chi connectivity index (χ0) is 90.0. The van der Waals surface area contributed by atoms with Crippen LogP contribution in [0.4, 0.5) is 0 Å². The molecule has 8 aromatic carbocycles. The molecular weight excluding hydrogens is 1590 g/mol. The Labute approximate surface area is 754 Å². The number of ether oxygens (including phenoxy) is 18. The number of benzene rings is 8. The van der Waals surface area contributed by atoms with E-state index in [1.54, 1.807) is 0 Å². The molecule has 0 aromatic heterocycles. The van der Waals surface area contributed by atoms with Gasteiger partial charge in [-0.3, -0.25) is 0 Å². The summed E-state index contributed by atoms with van der Waals surface area (Å²) in [5.74, 6) is 6.26. The summed E-state index contributed by atoms with van der Waals surface area (Å²) in [5.41, 5.74) is 23.2. The molecule has 0 saturated heterocycles. The highest BCUT2D eigenvalue weighted by Gasteiger charge is 2.33. The van der Waals surface area contributed by atoms with E-state index in [1.807, 2.05) is 55.4 Å². The Hall–Kier alpha value is -8.24. The van der Waals surface area contributed by atoms with Crippen molar-refractivity contribution in [2.75, 3.05) is 159 Å². The molecule has 0 radical (unpaired) electrons. The molecule has 18 heteroatoms. The van der Waals surface area contributed by atoms with Crippen molar-refractivity contribution < 1.29 is 85.3 Å². The van der Waals surface area contributed by atoms with Crippen LogP contribution in [0.3, 0.4) is 0 Å². The van der Waals surface area contributed by atoms with E-state index in [4.69, 9.17) is 85.3 Å². The van der Waals surface area contributed by atoms with E-state index in [0.29, 0.717) is 210 Å². The molecule has 18 nitrogen and oxygen atoms in total. The average molecular weight is 1730 g/mol. The van der Waals surface area contributed by atoms with Gasteiger partial charge in [0.25, 0.3) is 0 Å². The highest BCUT2D eigenvalue weighted by atomic mass is 16.6. The molecule has 126 heavy (non-hydrogen) atoms. The maximum atomic E-state index is 7.44. The first-order chi connectivity index (χ1) is 60.6. The lowest BCUT2D eigenvalue weighted by atomic mass is 9.81. The first kappa shape index (κ1) is 98.4. The minimum Gasteiger partial charge on any atom is -0.491 e. The van der Waals surface area contributed by atoms with Gasteiger partial charge in [0.05, 0.1) is 79.3 Å². The fraction of sp³-hybridized carbons (Fsp3) is 0.556. The topological polar surface area (TPSA) is 166 Å². The Kier molecular flexibility index (Phi) is 37.0. The SMILES string of the molecule is CCOCCOc1c2cc3cc1Cc1cc(C(C)(C)C)cc(c1OCCOCC)Cc1cc(cc(c1OCCOCC)Cc1cc(C(C)(C)C)cc(c1OCCOCC)C2)COCc1cc2c(OCCOCC)c(c1)Cc1cc(C(C)(C)C)cc(c1OCCOCC)Cc1cc(cc(c1OCCOCC)Cc1cc(C(C)(C)C)cc(c1OCCOCC)C2)COC3. The first-order valence-corrected chi connectivity index (χ1v) is 46.7. The van der Waals surface area contributed by atoms with Crippen molar-refractivity contribution in [2.24, 2.45) is 0 Å². The lowest BCUT2D eigenvalue weighted by molar-refractivity contribution is 0.105. The van der Waals surface area contributed by atoms with Crippen LogP contribution >= 0.6 is 0 Å². The van der Waals surface area contributed by atoms with Crippen molar-refractivity contribution in [3.63, 3.8) is 0 Å². The third kappa shape index (κ3) is 27.4. The van der Waals surface area contributed by atoms with Gasteiger partial charge < -0.3 is 85.3 Å². The maximum Gasteiger partial charge on any atom is 0.126 e. The van der Waals surface area contributed by atoms with Crippen LogP contribution in [0, 0.1) is 0 Å². The second-order valence-electron chi connectivity index (χ2n) is 37.2. The van der Waals surface area contributed by atoms with Crippen molar-refractivity contribution in [1.29, 1.82) is 0 Å². The molecule has 0 saturated carbocycles. The van der Waals surface area contributed by atoms with Crippen molar-refractivity contribution in [3.8, 4) is 46.0 Å². The monoisotopic (exact) mass is 1730 g/mol. The molecule has 0 N–H and O–H groups in total. The average Bonchev–Trinajstić information content (AvgIpc) is 0.768. The fourth-order valence-electron chi connectivity index (χ4n) is 17.0. The van der Waals surface area contributed by atoms with Gasteiger partial charge in [0.1, 0.15) is 98.9 Å². The lowest BCUT2D eigenvalue weighted by Gasteiger charge is -2.28. The standard InChI is InChI=1S/C108H148O18/c1-21-109-29-37-119-97-77-45-73-46-78(97)54-86-62-94(106(12,13)14)64-88(102(86)124-42-34-114-26-6)56-80-50-75(49-79(98(80)120-38-30-110-22-2)55-87-63-93(105(9,10)11)61-85(53-77)101(87)123-41-33-113-25-5)71-118-72-76-51-83-59-91-67-95(107(15,16)17)65-89(103(91)125-43-35-115-27-7)57-81-47-74(70-117-69-73)48-82(99(81)121-39-31-111-23-3)58-90-66-96(108(18,19)20)68-92(104(90)126-44-36-116-28-8)60-84(52-76)100(83)122-40-32-112-24-4/h45-52,61-68H,21-44,53-60,69-72H2,1-20H3. The van der Waals surface area contributed by atoms with E-state index < -0.39 is 0 Å². The van der Waals surface area contributed by atoms with Gasteiger partial charge in [-0.05, 0) is 259 Å². The van der Waals surface area contributed by atoms with Crippen LogP contribution in [0.15, 0.2) is 97.1 Å². The number of hydrogen-bond acceptors (Lipinski definition) is 18. The van der Waals surface area contributed by atoms with Crippen LogP contribution in [0.1, 0.15) is 272 Å². The van der Waals surface area contributed by atoms with Crippen molar-refractivity contribution in [2.45, 2.75) is 238 Å². The fourth-order valence-corrected chi connectivity index (χ4v) is 17.0. The summed E-state index contributed by atoms with van der Waals surface area (Å²) in [4.78, 5) is 0. The van der Waals surface area contributed by atoms with E-state index in [0.717, 1.165) is 180 Å². The third-order valence-electron chi connectivity index (χ3n) is 23.2. The molecule has 2 heterocycles. The van der Waals surface area contributed by atoms with Gasteiger partial charge in [0.15, 0.2) is 0 Å². The Balaban J connectivity index is 1.29. The highest BCUT2D eigenvalue weighted by molar-refractivity contribution is 5.63. The predicted molar refractivity (Wildman–Crippen MR) is 502 cm³/mol. The van der Waals surface area contributed by atoms with Gasteiger partial charge >= 0.3 is 0 Å². The van der Waals surface area contributed by atoms with E-state index in [-0.39, 0.29) is 48.1 Å². The number of fused-ring (bicyclic) bond motifs is 4. The van der Waals surface area contributed by atoms with E-state index in [1.165, 1.54) is 0 Å². The van der Waals surface area contributed by atoms with Crippen LogP contribution < -0.4 is 37.9 Å². The summed E-state index contributed by atoms with van der Waals surface area (Å²) < 4.78 is 122. The van der Waals surface area contributed by atoms with E-state index in [9.17, 15) is 0 Å². The molecule has 0 amide bonds. The van der Waals surface area contributed by atoms with Crippen LogP contribution in [-0.2, 0) is 147 Å². The largest absolute Gasteiger partial charge is 0.491 e. The first-order valence-electron chi connectivity index (χ1n) is 46.7.